The number of aromatic carboxylic acids is 1. The van der Waals surface area contributed by atoms with Gasteiger partial charge in [0.05, 0.1) is 17.7 Å². The molecule has 0 aliphatic carbocycles. The van der Waals surface area contributed by atoms with Crippen molar-refractivity contribution in [1.82, 2.24) is 0 Å². The second-order valence-corrected chi connectivity index (χ2v) is 7.02. The summed E-state index contributed by atoms with van der Waals surface area (Å²) >= 11 is 0. The van der Waals surface area contributed by atoms with Crippen LogP contribution in [0.5, 0.6) is 0 Å². The van der Waals surface area contributed by atoms with E-state index in [0.29, 0.717) is 6.61 Å². The number of benzene rings is 1. The number of unbranched alkanes of at least 4 members (excludes halogenated alkanes) is 4. The molecular formula is C21H32O4. The third-order valence-electron chi connectivity index (χ3n) is 4.26. The minimum Gasteiger partial charge on any atom is -0.478 e. The summed E-state index contributed by atoms with van der Waals surface area (Å²) < 4.78 is 5.14. The number of rotatable bonds is 12. The fraction of sp³-hybridized carbons (Fsp3) is 0.619. The predicted molar refractivity (Wildman–Crippen MR) is 100 cm³/mol. The molecule has 0 fully saturated rings. The van der Waals surface area contributed by atoms with E-state index in [1.807, 2.05) is 13.0 Å². The first-order valence-corrected chi connectivity index (χ1v) is 9.49. The molecule has 0 aliphatic heterocycles. The van der Waals surface area contributed by atoms with Crippen LogP contribution in [-0.4, -0.2) is 23.7 Å². The van der Waals surface area contributed by atoms with Crippen LogP contribution < -0.4 is 0 Å². The molecule has 1 aromatic rings. The topological polar surface area (TPSA) is 63.6 Å². The van der Waals surface area contributed by atoms with Crippen molar-refractivity contribution in [2.45, 2.75) is 72.1 Å². The van der Waals surface area contributed by atoms with Gasteiger partial charge < -0.3 is 9.84 Å². The number of aryl methyl sites for hydroxylation is 1. The van der Waals surface area contributed by atoms with E-state index in [1.165, 1.54) is 19.3 Å². The number of esters is 1. The Morgan fingerprint density at radius 2 is 1.76 bits per heavy atom. The van der Waals surface area contributed by atoms with Crippen molar-refractivity contribution in [3.05, 3.63) is 34.9 Å². The van der Waals surface area contributed by atoms with Gasteiger partial charge >= 0.3 is 11.9 Å². The lowest BCUT2D eigenvalue weighted by molar-refractivity contribution is 0.0489. The van der Waals surface area contributed by atoms with Crippen molar-refractivity contribution in [3.63, 3.8) is 0 Å². The Morgan fingerprint density at radius 1 is 1.04 bits per heavy atom. The van der Waals surface area contributed by atoms with Crippen molar-refractivity contribution >= 4 is 11.9 Å². The number of hydrogen-bond acceptors (Lipinski definition) is 3. The highest BCUT2D eigenvalue weighted by Gasteiger charge is 2.18. The highest BCUT2D eigenvalue weighted by molar-refractivity contribution is 6.02. The lowest BCUT2D eigenvalue weighted by atomic mass is 9.99. The summed E-state index contributed by atoms with van der Waals surface area (Å²) in [4.78, 5) is 23.5. The first kappa shape index (κ1) is 21.2. The molecule has 1 N–H and O–H groups in total. The molecule has 0 aromatic heterocycles. The van der Waals surface area contributed by atoms with E-state index in [0.717, 1.165) is 43.6 Å². The maximum absolute atomic E-state index is 12.1. The normalized spacial score (nSPS) is 10.9. The number of carboxylic acids is 1. The van der Waals surface area contributed by atoms with E-state index in [1.54, 1.807) is 12.1 Å². The Hall–Kier alpha value is -1.84. The quantitative estimate of drug-likeness (QED) is 0.401. The van der Waals surface area contributed by atoms with Crippen LogP contribution in [0.25, 0.3) is 0 Å². The number of ether oxygens (including phenoxy) is 1. The lowest BCUT2D eigenvalue weighted by Crippen LogP contribution is -2.13. The monoisotopic (exact) mass is 348 g/mol. The molecule has 0 saturated carbocycles. The van der Waals surface area contributed by atoms with Crippen LogP contribution in [0.15, 0.2) is 18.2 Å². The molecule has 0 heterocycles. The zero-order chi connectivity index (χ0) is 18.7. The Labute approximate surface area is 151 Å². The minimum absolute atomic E-state index is 0.0406. The second-order valence-electron chi connectivity index (χ2n) is 7.02. The molecular weight excluding hydrogens is 316 g/mol. The molecule has 0 aliphatic rings. The van der Waals surface area contributed by atoms with Gasteiger partial charge in [0.2, 0.25) is 0 Å². The Balaban J connectivity index is 2.58. The van der Waals surface area contributed by atoms with E-state index in [2.05, 4.69) is 13.8 Å². The van der Waals surface area contributed by atoms with E-state index in [4.69, 9.17) is 4.74 Å². The van der Waals surface area contributed by atoms with E-state index < -0.39 is 11.9 Å². The van der Waals surface area contributed by atoms with Gasteiger partial charge in [-0.05, 0) is 42.9 Å². The SMILES string of the molecule is CCCCOC(=O)c1ccc(CCCCCCC(C)C)cc1C(=O)O. The second kappa shape index (κ2) is 11.7. The van der Waals surface area contributed by atoms with E-state index >= 15 is 0 Å². The van der Waals surface area contributed by atoms with Crippen molar-refractivity contribution in [2.24, 2.45) is 5.92 Å². The third-order valence-corrected chi connectivity index (χ3v) is 4.26. The molecule has 0 unspecified atom stereocenters. The number of carbonyl (C=O) groups is 2. The van der Waals surface area contributed by atoms with Crippen molar-refractivity contribution in [2.75, 3.05) is 6.61 Å². The molecule has 0 spiro atoms. The van der Waals surface area contributed by atoms with Crippen LogP contribution in [0, 0.1) is 5.92 Å². The van der Waals surface area contributed by atoms with E-state index in [9.17, 15) is 14.7 Å². The van der Waals surface area contributed by atoms with Crippen LogP contribution >= 0.6 is 0 Å². The molecule has 1 rings (SSSR count). The fourth-order valence-electron chi connectivity index (χ4n) is 2.72. The summed E-state index contributed by atoms with van der Waals surface area (Å²) in [6, 6.07) is 5.05. The number of hydrogen-bond donors (Lipinski definition) is 1. The molecule has 0 radical (unpaired) electrons. The predicted octanol–water partition coefficient (Wildman–Crippen LogP) is 5.49. The first-order valence-electron chi connectivity index (χ1n) is 9.49. The molecule has 0 saturated heterocycles. The summed E-state index contributed by atoms with van der Waals surface area (Å²) in [5.41, 5.74) is 1.15. The third kappa shape index (κ3) is 8.19. The molecule has 1 aromatic carbocycles. The first-order chi connectivity index (χ1) is 12.0. The summed E-state index contributed by atoms with van der Waals surface area (Å²) in [6.07, 6.45) is 8.46. The highest BCUT2D eigenvalue weighted by Crippen LogP contribution is 2.17. The van der Waals surface area contributed by atoms with Crippen LogP contribution in [0.3, 0.4) is 0 Å². The average molecular weight is 348 g/mol. The minimum atomic E-state index is -1.08. The summed E-state index contributed by atoms with van der Waals surface area (Å²) in [7, 11) is 0. The van der Waals surface area contributed by atoms with Gasteiger partial charge in [0, 0.05) is 0 Å². The molecule has 25 heavy (non-hydrogen) atoms. The Kier molecular flexibility index (Phi) is 9.90. The fourth-order valence-corrected chi connectivity index (χ4v) is 2.72. The van der Waals surface area contributed by atoms with Crippen molar-refractivity contribution in [3.8, 4) is 0 Å². The van der Waals surface area contributed by atoms with Crippen molar-refractivity contribution < 1.29 is 19.4 Å². The van der Waals surface area contributed by atoms with Gasteiger partial charge in [0.15, 0.2) is 0 Å². The summed E-state index contributed by atoms with van der Waals surface area (Å²) in [5.74, 6) is -0.880. The average Bonchev–Trinajstić information content (AvgIpc) is 2.57. The standard InChI is InChI=1S/C21H32O4/c1-4-5-14-25-21(24)18-13-12-17(15-19(18)20(22)23)11-9-7-6-8-10-16(2)3/h12-13,15-16H,4-11,14H2,1-3H3,(H,22,23). The smallest absolute Gasteiger partial charge is 0.339 e. The van der Waals surface area contributed by atoms with Gasteiger partial charge in [-0.2, -0.15) is 0 Å². The maximum Gasteiger partial charge on any atom is 0.339 e. The van der Waals surface area contributed by atoms with Gasteiger partial charge in [-0.25, -0.2) is 9.59 Å². The lowest BCUT2D eigenvalue weighted by Gasteiger charge is -2.09. The summed E-state index contributed by atoms with van der Waals surface area (Å²) in [5, 5.41) is 9.40. The van der Waals surface area contributed by atoms with Gasteiger partial charge in [0.25, 0.3) is 0 Å². The van der Waals surface area contributed by atoms with Gasteiger partial charge in [0.1, 0.15) is 0 Å². The number of carbonyl (C=O) groups excluding carboxylic acids is 1. The molecule has 0 atom stereocenters. The molecule has 140 valence electrons. The molecule has 0 bridgehead atoms. The molecule has 4 heteroatoms. The van der Waals surface area contributed by atoms with Crippen molar-refractivity contribution in [1.29, 1.82) is 0 Å². The molecule has 4 nitrogen and oxygen atoms in total. The number of carboxylic acid groups (broad SMARTS) is 1. The summed E-state index contributed by atoms with van der Waals surface area (Å²) in [6.45, 7) is 6.81. The molecule has 0 amide bonds. The van der Waals surface area contributed by atoms with Gasteiger partial charge in [-0.3, -0.25) is 0 Å². The van der Waals surface area contributed by atoms with Crippen LogP contribution in [0.4, 0.5) is 0 Å². The van der Waals surface area contributed by atoms with Gasteiger partial charge in [-0.15, -0.1) is 0 Å². The van der Waals surface area contributed by atoms with E-state index in [-0.39, 0.29) is 11.1 Å². The van der Waals surface area contributed by atoms with Gasteiger partial charge in [-0.1, -0.05) is 58.9 Å². The largest absolute Gasteiger partial charge is 0.478 e. The van der Waals surface area contributed by atoms with Crippen LogP contribution in [-0.2, 0) is 11.2 Å². The maximum atomic E-state index is 12.1. The van der Waals surface area contributed by atoms with Crippen LogP contribution in [0.1, 0.15) is 92.0 Å². The Morgan fingerprint density at radius 3 is 2.40 bits per heavy atom. The zero-order valence-corrected chi connectivity index (χ0v) is 15.8. The van der Waals surface area contributed by atoms with Crippen LogP contribution in [0.2, 0.25) is 0 Å². The zero-order valence-electron chi connectivity index (χ0n) is 15.8. The highest BCUT2D eigenvalue weighted by atomic mass is 16.5. The Bertz CT molecular complexity index is 549.